The van der Waals surface area contributed by atoms with Gasteiger partial charge in [0.25, 0.3) is 0 Å². The minimum Gasteiger partial charge on any atom is -0.497 e. The summed E-state index contributed by atoms with van der Waals surface area (Å²) in [6, 6.07) is 4.57. The highest BCUT2D eigenvalue weighted by atomic mass is 32.2. The molecule has 0 spiro atoms. The molecule has 0 aliphatic carbocycles. The van der Waals surface area contributed by atoms with Crippen molar-refractivity contribution in [1.29, 1.82) is 0 Å². The first-order valence-corrected chi connectivity index (χ1v) is 7.50. The van der Waals surface area contributed by atoms with Gasteiger partial charge in [0.2, 0.25) is 10.0 Å². The Morgan fingerprint density at radius 2 is 2.11 bits per heavy atom. The minimum absolute atomic E-state index is 0.0724. The number of sulfonamides is 1. The normalized spacial score (nSPS) is 19.4. The summed E-state index contributed by atoms with van der Waals surface area (Å²) in [6.07, 6.45) is 0.789. The molecule has 1 aromatic carbocycles. The smallest absolute Gasteiger partial charge is 0.244 e. The molecule has 2 N–H and O–H groups in total. The molecule has 1 heterocycles. The van der Waals surface area contributed by atoms with Crippen molar-refractivity contribution in [2.24, 2.45) is 0 Å². The fraction of sp³-hybridized carbons (Fsp3) is 0.500. The molecule has 0 amide bonds. The molecular formula is C12H18N2O4S. The van der Waals surface area contributed by atoms with Crippen molar-refractivity contribution in [3.8, 4) is 11.5 Å². The fourth-order valence-electron chi connectivity index (χ4n) is 2.04. The van der Waals surface area contributed by atoms with Crippen LogP contribution < -0.4 is 19.5 Å². The van der Waals surface area contributed by atoms with Crippen LogP contribution in [0.3, 0.4) is 0 Å². The summed E-state index contributed by atoms with van der Waals surface area (Å²) in [6.45, 7) is 1.48. The summed E-state index contributed by atoms with van der Waals surface area (Å²) < 4.78 is 37.5. The standard InChI is InChI=1S/C12H18N2O4S/c1-17-10-3-4-12(11(7-10)18-2)19(15,16)14-9-5-6-13-8-9/h3-4,7,9,13-14H,5-6,8H2,1-2H3. The second-order valence-electron chi connectivity index (χ2n) is 4.33. The summed E-state index contributed by atoms with van der Waals surface area (Å²) in [5, 5.41) is 3.12. The van der Waals surface area contributed by atoms with Crippen molar-refractivity contribution in [3.05, 3.63) is 18.2 Å². The molecule has 1 atom stereocenters. The van der Waals surface area contributed by atoms with Gasteiger partial charge >= 0.3 is 0 Å². The number of hydrogen-bond acceptors (Lipinski definition) is 5. The van der Waals surface area contributed by atoms with E-state index in [1.807, 2.05) is 0 Å². The van der Waals surface area contributed by atoms with Gasteiger partial charge in [0.05, 0.1) is 14.2 Å². The van der Waals surface area contributed by atoms with Crippen LogP contribution in [0.4, 0.5) is 0 Å². The van der Waals surface area contributed by atoms with Gasteiger partial charge in [0.1, 0.15) is 16.4 Å². The van der Waals surface area contributed by atoms with E-state index in [9.17, 15) is 8.42 Å². The molecule has 0 saturated carbocycles. The Hall–Kier alpha value is -1.31. The van der Waals surface area contributed by atoms with Crippen LogP contribution >= 0.6 is 0 Å². The molecule has 1 saturated heterocycles. The first-order chi connectivity index (χ1) is 9.06. The highest BCUT2D eigenvalue weighted by Crippen LogP contribution is 2.28. The fourth-order valence-corrected chi connectivity index (χ4v) is 3.46. The predicted octanol–water partition coefficient (Wildman–Crippen LogP) is 0.344. The third-order valence-corrected chi connectivity index (χ3v) is 4.60. The minimum atomic E-state index is -3.58. The summed E-state index contributed by atoms with van der Waals surface area (Å²) >= 11 is 0. The largest absolute Gasteiger partial charge is 0.497 e. The van der Waals surface area contributed by atoms with E-state index in [-0.39, 0.29) is 16.7 Å². The third kappa shape index (κ3) is 3.17. The Bertz CT molecular complexity index is 539. The molecule has 1 aliphatic heterocycles. The third-order valence-electron chi connectivity index (χ3n) is 3.04. The molecular weight excluding hydrogens is 268 g/mol. The quantitative estimate of drug-likeness (QED) is 0.816. The van der Waals surface area contributed by atoms with E-state index in [0.717, 1.165) is 13.0 Å². The molecule has 6 nitrogen and oxygen atoms in total. The molecule has 106 valence electrons. The van der Waals surface area contributed by atoms with E-state index >= 15 is 0 Å². The number of rotatable bonds is 5. The lowest BCUT2D eigenvalue weighted by molar-refractivity contribution is 0.385. The van der Waals surface area contributed by atoms with Crippen LogP contribution in [0.5, 0.6) is 11.5 Å². The van der Waals surface area contributed by atoms with E-state index in [4.69, 9.17) is 9.47 Å². The van der Waals surface area contributed by atoms with E-state index in [1.54, 1.807) is 12.1 Å². The Morgan fingerprint density at radius 3 is 2.68 bits per heavy atom. The number of ether oxygens (including phenoxy) is 2. The maximum absolute atomic E-state index is 12.3. The van der Waals surface area contributed by atoms with Gasteiger partial charge in [0, 0.05) is 18.7 Å². The van der Waals surface area contributed by atoms with Crippen molar-refractivity contribution >= 4 is 10.0 Å². The average Bonchev–Trinajstić information content (AvgIpc) is 2.89. The lowest BCUT2D eigenvalue weighted by Gasteiger charge is -2.15. The highest BCUT2D eigenvalue weighted by molar-refractivity contribution is 7.89. The molecule has 0 aromatic heterocycles. The van der Waals surface area contributed by atoms with Crippen LogP contribution in [0, 0.1) is 0 Å². The zero-order valence-electron chi connectivity index (χ0n) is 11.0. The van der Waals surface area contributed by atoms with Gasteiger partial charge < -0.3 is 14.8 Å². The SMILES string of the molecule is COc1ccc(S(=O)(=O)NC2CCNC2)c(OC)c1. The van der Waals surface area contributed by atoms with Gasteiger partial charge in [-0.2, -0.15) is 0 Å². The molecule has 19 heavy (non-hydrogen) atoms. The first-order valence-electron chi connectivity index (χ1n) is 6.02. The number of nitrogens with one attached hydrogen (secondary N) is 2. The summed E-state index contributed by atoms with van der Waals surface area (Å²) in [7, 11) is -0.627. The molecule has 1 fully saturated rings. The highest BCUT2D eigenvalue weighted by Gasteiger charge is 2.25. The Kier molecular flexibility index (Phi) is 4.28. The second-order valence-corrected chi connectivity index (χ2v) is 6.01. The van der Waals surface area contributed by atoms with E-state index in [0.29, 0.717) is 12.3 Å². The Morgan fingerprint density at radius 1 is 1.32 bits per heavy atom. The van der Waals surface area contributed by atoms with Crippen molar-refractivity contribution in [3.63, 3.8) is 0 Å². The molecule has 1 aliphatic rings. The summed E-state index contributed by atoms with van der Waals surface area (Å²) in [5.41, 5.74) is 0. The van der Waals surface area contributed by atoms with Gasteiger partial charge in [0.15, 0.2) is 0 Å². The van der Waals surface area contributed by atoms with E-state index < -0.39 is 10.0 Å². The lowest BCUT2D eigenvalue weighted by Crippen LogP contribution is -2.36. The van der Waals surface area contributed by atoms with Crippen LogP contribution in [0.2, 0.25) is 0 Å². The maximum Gasteiger partial charge on any atom is 0.244 e. The number of methoxy groups -OCH3 is 2. The van der Waals surface area contributed by atoms with Gasteiger partial charge in [-0.25, -0.2) is 13.1 Å². The van der Waals surface area contributed by atoms with E-state index in [2.05, 4.69) is 10.0 Å². The molecule has 7 heteroatoms. The monoisotopic (exact) mass is 286 g/mol. The number of benzene rings is 1. The topological polar surface area (TPSA) is 76.7 Å². The zero-order chi connectivity index (χ0) is 13.9. The van der Waals surface area contributed by atoms with Gasteiger partial charge in [-0.05, 0) is 25.1 Å². The van der Waals surface area contributed by atoms with Crippen LogP contribution in [-0.4, -0.2) is 41.8 Å². The predicted molar refractivity (Wildman–Crippen MR) is 71.1 cm³/mol. The second kappa shape index (κ2) is 5.77. The van der Waals surface area contributed by atoms with Crippen molar-refractivity contribution in [2.75, 3.05) is 27.3 Å². The van der Waals surface area contributed by atoms with Crippen LogP contribution in [-0.2, 0) is 10.0 Å². The molecule has 0 bridgehead atoms. The lowest BCUT2D eigenvalue weighted by atomic mass is 10.3. The van der Waals surface area contributed by atoms with Gasteiger partial charge in [-0.15, -0.1) is 0 Å². The first kappa shape index (κ1) is 14.1. The zero-order valence-corrected chi connectivity index (χ0v) is 11.8. The number of hydrogen-bond donors (Lipinski definition) is 2. The van der Waals surface area contributed by atoms with Crippen LogP contribution in [0.1, 0.15) is 6.42 Å². The Labute approximate surface area is 113 Å². The molecule has 0 radical (unpaired) electrons. The van der Waals surface area contributed by atoms with Crippen molar-refractivity contribution in [1.82, 2.24) is 10.0 Å². The molecule has 1 unspecified atom stereocenters. The average molecular weight is 286 g/mol. The maximum atomic E-state index is 12.3. The summed E-state index contributed by atoms with van der Waals surface area (Å²) in [4.78, 5) is 0.127. The van der Waals surface area contributed by atoms with E-state index in [1.165, 1.54) is 20.3 Å². The Balaban J connectivity index is 2.28. The van der Waals surface area contributed by atoms with Gasteiger partial charge in [-0.1, -0.05) is 0 Å². The summed E-state index contributed by atoms with van der Waals surface area (Å²) in [5.74, 6) is 0.830. The molecule has 1 aromatic rings. The van der Waals surface area contributed by atoms with Crippen LogP contribution in [0.25, 0.3) is 0 Å². The van der Waals surface area contributed by atoms with Crippen molar-refractivity contribution < 1.29 is 17.9 Å². The van der Waals surface area contributed by atoms with Crippen LogP contribution in [0.15, 0.2) is 23.1 Å². The molecule has 2 rings (SSSR count). The van der Waals surface area contributed by atoms with Gasteiger partial charge in [-0.3, -0.25) is 0 Å². The van der Waals surface area contributed by atoms with Crippen molar-refractivity contribution in [2.45, 2.75) is 17.4 Å².